The lowest BCUT2D eigenvalue weighted by Crippen LogP contribution is -2.33. The number of hydrogen-bond acceptors (Lipinski definition) is 3. The van der Waals surface area contributed by atoms with Gasteiger partial charge in [-0.2, -0.15) is 5.10 Å². The van der Waals surface area contributed by atoms with Crippen molar-refractivity contribution in [3.63, 3.8) is 0 Å². The Labute approximate surface area is 165 Å². The van der Waals surface area contributed by atoms with Gasteiger partial charge in [0.15, 0.2) is 0 Å². The minimum absolute atomic E-state index is 0.217. The Kier molecular flexibility index (Phi) is 5.83. The van der Waals surface area contributed by atoms with Crippen LogP contribution in [0.5, 0.6) is 0 Å². The lowest BCUT2D eigenvalue weighted by Gasteiger charge is -2.32. The number of nitrogens with one attached hydrogen (secondary N) is 1. The fraction of sp³-hybridized carbons (Fsp3) is 0.450. The van der Waals surface area contributed by atoms with Crippen LogP contribution in [0.1, 0.15) is 39.3 Å². The van der Waals surface area contributed by atoms with Gasteiger partial charge in [0.2, 0.25) is 0 Å². The van der Waals surface area contributed by atoms with Gasteiger partial charge in [-0.05, 0) is 44.9 Å². The quantitative estimate of drug-likeness (QED) is 0.663. The highest BCUT2D eigenvalue weighted by Crippen LogP contribution is 2.40. The number of rotatable bonds is 6. The number of benzene rings is 1. The van der Waals surface area contributed by atoms with E-state index >= 15 is 0 Å². The van der Waals surface area contributed by atoms with Crippen LogP contribution in [-0.2, 0) is 0 Å². The van der Waals surface area contributed by atoms with Crippen LogP contribution in [0.25, 0.3) is 16.9 Å². The summed E-state index contributed by atoms with van der Waals surface area (Å²) in [6.45, 7) is 10.6. The first kappa shape index (κ1) is 19.1. The van der Waals surface area contributed by atoms with Gasteiger partial charge in [-0.15, -0.1) is 0 Å². The zero-order valence-electron chi connectivity index (χ0n) is 15.8. The Hall–Kier alpha value is -1.65. The fourth-order valence-electron chi connectivity index (χ4n) is 3.51. The van der Waals surface area contributed by atoms with Crippen molar-refractivity contribution in [2.45, 2.75) is 46.6 Å². The van der Waals surface area contributed by atoms with Gasteiger partial charge in [-0.25, -0.2) is 4.68 Å². The Bertz CT molecular complexity index is 819. The number of nitrogens with zero attached hydrogens (tertiary/aromatic N) is 3. The number of fused-ring (bicyclic) bond motifs is 1. The number of aromatic nitrogens is 2. The molecule has 1 aliphatic rings. The molecule has 1 unspecified atom stereocenters. The Balaban J connectivity index is 2.12. The third kappa shape index (κ3) is 3.58. The van der Waals surface area contributed by atoms with Crippen LogP contribution in [0.15, 0.2) is 24.3 Å². The standard InChI is InChI=1S/C20H26Cl2N4/c1-5-9-25(10-6-2)18-11-13(3)23-20-19(14(4)24-26(18)20)16-8-7-15(21)12-17(16)22/h7-8,11-13,23H,5-6,9-10H2,1-4H3. The smallest absolute Gasteiger partial charge is 0.140 e. The van der Waals surface area contributed by atoms with Crippen molar-refractivity contribution >= 4 is 34.8 Å². The van der Waals surface area contributed by atoms with E-state index in [9.17, 15) is 0 Å². The summed E-state index contributed by atoms with van der Waals surface area (Å²) in [5.74, 6) is 2.14. The molecule has 0 fully saturated rings. The van der Waals surface area contributed by atoms with Crippen LogP contribution in [0.3, 0.4) is 0 Å². The molecule has 26 heavy (non-hydrogen) atoms. The largest absolute Gasteiger partial charge is 0.363 e. The Morgan fingerprint density at radius 3 is 2.50 bits per heavy atom. The maximum absolute atomic E-state index is 6.50. The molecule has 3 rings (SSSR count). The van der Waals surface area contributed by atoms with Crippen molar-refractivity contribution in [3.8, 4) is 11.1 Å². The molecule has 0 saturated heterocycles. The molecule has 0 bridgehead atoms. The normalized spacial score (nSPS) is 16.1. The van der Waals surface area contributed by atoms with E-state index in [2.05, 4.69) is 37.1 Å². The zero-order chi connectivity index (χ0) is 18.8. The maximum Gasteiger partial charge on any atom is 0.140 e. The van der Waals surface area contributed by atoms with Gasteiger partial charge >= 0.3 is 0 Å². The highest BCUT2D eigenvalue weighted by molar-refractivity contribution is 6.36. The van der Waals surface area contributed by atoms with Gasteiger partial charge in [0.25, 0.3) is 0 Å². The highest BCUT2D eigenvalue weighted by atomic mass is 35.5. The average molecular weight is 393 g/mol. The molecule has 0 radical (unpaired) electrons. The predicted octanol–water partition coefficient (Wildman–Crippen LogP) is 5.90. The summed E-state index contributed by atoms with van der Waals surface area (Å²) in [5.41, 5.74) is 2.94. The molecule has 140 valence electrons. The van der Waals surface area contributed by atoms with Crippen molar-refractivity contribution in [2.75, 3.05) is 18.4 Å². The first-order valence-corrected chi connectivity index (χ1v) is 10.0. The second-order valence-electron chi connectivity index (χ2n) is 6.79. The number of aryl methyl sites for hydroxylation is 1. The molecule has 1 aromatic heterocycles. The summed E-state index contributed by atoms with van der Waals surface area (Å²) < 4.78 is 2.03. The van der Waals surface area contributed by atoms with Crippen LogP contribution in [-0.4, -0.2) is 33.8 Å². The SMILES string of the molecule is CCCN(CCC)C1=CC(C)Nc2c(-c3ccc(Cl)cc3Cl)c(C)nn21. The van der Waals surface area contributed by atoms with Crippen LogP contribution in [0, 0.1) is 6.92 Å². The molecule has 6 heteroatoms. The third-order valence-corrected chi connectivity index (χ3v) is 5.10. The Morgan fingerprint density at radius 1 is 1.19 bits per heavy atom. The van der Waals surface area contributed by atoms with Crippen LogP contribution in [0.2, 0.25) is 10.0 Å². The molecular formula is C20H26Cl2N4. The first-order valence-electron chi connectivity index (χ1n) is 9.25. The van der Waals surface area contributed by atoms with Crippen molar-refractivity contribution in [2.24, 2.45) is 0 Å². The van der Waals surface area contributed by atoms with Gasteiger partial charge in [-0.3, -0.25) is 0 Å². The van der Waals surface area contributed by atoms with E-state index in [0.717, 1.165) is 54.4 Å². The van der Waals surface area contributed by atoms with E-state index in [4.69, 9.17) is 28.3 Å². The second kappa shape index (κ2) is 7.93. The summed E-state index contributed by atoms with van der Waals surface area (Å²) in [5, 5.41) is 9.68. The predicted molar refractivity (Wildman–Crippen MR) is 112 cm³/mol. The van der Waals surface area contributed by atoms with Crippen molar-refractivity contribution < 1.29 is 0 Å². The van der Waals surface area contributed by atoms with Crippen molar-refractivity contribution in [3.05, 3.63) is 40.0 Å². The average Bonchev–Trinajstić information content (AvgIpc) is 2.90. The van der Waals surface area contributed by atoms with Crippen molar-refractivity contribution in [1.29, 1.82) is 0 Å². The number of halogens is 2. The van der Waals surface area contributed by atoms with E-state index in [1.165, 1.54) is 0 Å². The van der Waals surface area contributed by atoms with E-state index in [1.54, 1.807) is 6.07 Å². The molecule has 0 amide bonds. The van der Waals surface area contributed by atoms with Crippen LogP contribution in [0.4, 0.5) is 5.82 Å². The molecule has 1 aliphatic heterocycles. The number of anilines is 1. The topological polar surface area (TPSA) is 33.1 Å². The van der Waals surface area contributed by atoms with Crippen LogP contribution >= 0.6 is 23.2 Å². The first-order chi connectivity index (χ1) is 12.5. The molecular weight excluding hydrogens is 367 g/mol. The lowest BCUT2D eigenvalue weighted by molar-refractivity contribution is 0.370. The molecule has 1 aromatic carbocycles. The van der Waals surface area contributed by atoms with E-state index in [0.29, 0.717) is 10.0 Å². The summed E-state index contributed by atoms with van der Waals surface area (Å²) in [6.07, 6.45) is 4.45. The molecule has 0 spiro atoms. The van der Waals surface area contributed by atoms with E-state index in [1.807, 2.05) is 23.7 Å². The highest BCUT2D eigenvalue weighted by Gasteiger charge is 2.27. The summed E-state index contributed by atoms with van der Waals surface area (Å²) in [4.78, 5) is 2.42. The Morgan fingerprint density at radius 2 is 1.88 bits per heavy atom. The van der Waals surface area contributed by atoms with Gasteiger partial charge in [0.05, 0.1) is 10.7 Å². The summed E-state index contributed by atoms with van der Waals surface area (Å²) in [6, 6.07) is 5.84. The zero-order valence-corrected chi connectivity index (χ0v) is 17.3. The van der Waals surface area contributed by atoms with E-state index < -0.39 is 0 Å². The summed E-state index contributed by atoms with van der Waals surface area (Å²) >= 11 is 12.6. The van der Waals surface area contributed by atoms with Gasteiger partial charge in [-0.1, -0.05) is 43.1 Å². The van der Waals surface area contributed by atoms with E-state index in [-0.39, 0.29) is 6.04 Å². The molecule has 2 heterocycles. The second-order valence-corrected chi connectivity index (χ2v) is 7.63. The molecule has 1 N–H and O–H groups in total. The third-order valence-electron chi connectivity index (χ3n) is 4.55. The van der Waals surface area contributed by atoms with Gasteiger partial charge in [0.1, 0.15) is 11.6 Å². The minimum Gasteiger partial charge on any atom is -0.363 e. The fourth-order valence-corrected chi connectivity index (χ4v) is 4.02. The van der Waals surface area contributed by atoms with Gasteiger partial charge < -0.3 is 10.2 Å². The monoisotopic (exact) mass is 392 g/mol. The molecule has 4 nitrogen and oxygen atoms in total. The summed E-state index contributed by atoms with van der Waals surface area (Å²) in [7, 11) is 0. The molecule has 2 aromatic rings. The molecule has 1 atom stereocenters. The number of hydrogen-bond donors (Lipinski definition) is 1. The maximum atomic E-state index is 6.50. The van der Waals surface area contributed by atoms with Crippen LogP contribution < -0.4 is 5.32 Å². The minimum atomic E-state index is 0.217. The molecule has 0 aliphatic carbocycles. The lowest BCUT2D eigenvalue weighted by atomic mass is 10.0. The van der Waals surface area contributed by atoms with Gasteiger partial charge in [0, 0.05) is 35.3 Å². The van der Waals surface area contributed by atoms with Crippen molar-refractivity contribution in [1.82, 2.24) is 14.7 Å². The molecule has 0 saturated carbocycles.